The molecule has 0 saturated heterocycles. The number of nitrogens with one attached hydrogen (secondary N) is 1. The number of anilines is 1. The predicted molar refractivity (Wildman–Crippen MR) is 131 cm³/mol. The fraction of sp³-hybridized carbons (Fsp3) is 0.185. The number of aryl methyl sites for hydroxylation is 2. The van der Waals surface area contributed by atoms with Gasteiger partial charge in [0, 0.05) is 22.3 Å². The van der Waals surface area contributed by atoms with Gasteiger partial charge in [-0.1, -0.05) is 35.7 Å². The van der Waals surface area contributed by atoms with E-state index in [1.54, 1.807) is 13.0 Å². The highest BCUT2D eigenvalue weighted by Gasteiger charge is 2.19. The van der Waals surface area contributed by atoms with Gasteiger partial charge < -0.3 is 9.73 Å². The van der Waals surface area contributed by atoms with Gasteiger partial charge in [-0.15, -0.1) is 6.42 Å². The number of nitrogens with zero attached hydrogens (tertiary/aromatic N) is 1. The van der Waals surface area contributed by atoms with E-state index in [-0.39, 0.29) is 11.5 Å². The zero-order valence-electron chi connectivity index (χ0n) is 18.4. The van der Waals surface area contributed by atoms with Crippen molar-refractivity contribution >= 4 is 28.3 Å². The summed E-state index contributed by atoms with van der Waals surface area (Å²) in [5.74, 6) is 3.17. The highest BCUT2D eigenvalue weighted by atomic mass is 35.5. The SMILES string of the molecule is C#Cc1cccc(-c2oc3c(C(C)Nc4ccc(Cl)nc4C)cc(C)cc3c(=O)c2C)c1. The van der Waals surface area contributed by atoms with E-state index in [1.165, 1.54) is 0 Å². The summed E-state index contributed by atoms with van der Waals surface area (Å²) in [6.45, 7) is 7.69. The molecule has 1 atom stereocenters. The Labute approximate surface area is 192 Å². The zero-order chi connectivity index (χ0) is 23.0. The molecule has 0 fully saturated rings. The largest absolute Gasteiger partial charge is 0.455 e. The third-order valence-corrected chi connectivity index (χ3v) is 5.78. The van der Waals surface area contributed by atoms with Crippen LogP contribution in [0.2, 0.25) is 5.15 Å². The van der Waals surface area contributed by atoms with E-state index >= 15 is 0 Å². The fourth-order valence-corrected chi connectivity index (χ4v) is 4.10. The standard InChI is InChI=1S/C27H23ClN2O2/c1-6-19-8-7-9-20(14-19)26-16(3)25(31)22-13-15(2)12-21(27(22)32-26)17(4)29-23-10-11-24(28)30-18(23)5/h1,7-14,17,29H,2-5H3. The monoisotopic (exact) mass is 442 g/mol. The Morgan fingerprint density at radius 2 is 1.91 bits per heavy atom. The summed E-state index contributed by atoms with van der Waals surface area (Å²) >= 11 is 6.00. The van der Waals surface area contributed by atoms with Gasteiger partial charge in [0.2, 0.25) is 0 Å². The van der Waals surface area contributed by atoms with E-state index in [0.717, 1.165) is 33.6 Å². The van der Waals surface area contributed by atoms with Crippen molar-refractivity contribution in [1.82, 2.24) is 4.98 Å². The first-order valence-corrected chi connectivity index (χ1v) is 10.7. The first-order valence-electron chi connectivity index (χ1n) is 10.3. The molecule has 4 rings (SSSR count). The average molecular weight is 443 g/mol. The fourth-order valence-electron chi connectivity index (χ4n) is 3.91. The second-order valence-corrected chi connectivity index (χ2v) is 8.36. The Morgan fingerprint density at radius 1 is 1.12 bits per heavy atom. The number of aromatic nitrogens is 1. The molecule has 4 aromatic rings. The molecule has 2 aromatic heterocycles. The Hall–Kier alpha value is -3.55. The summed E-state index contributed by atoms with van der Waals surface area (Å²) < 4.78 is 6.41. The molecule has 4 nitrogen and oxygen atoms in total. The van der Waals surface area contributed by atoms with Crippen LogP contribution in [0.1, 0.15) is 40.9 Å². The molecule has 0 bridgehead atoms. The molecule has 0 aliphatic heterocycles. The number of fused-ring (bicyclic) bond motifs is 1. The van der Waals surface area contributed by atoms with Crippen molar-refractivity contribution in [2.75, 3.05) is 5.32 Å². The quantitative estimate of drug-likeness (QED) is 0.286. The Kier molecular flexibility index (Phi) is 5.78. The van der Waals surface area contributed by atoms with Crippen LogP contribution in [-0.2, 0) is 0 Å². The van der Waals surface area contributed by atoms with Crippen molar-refractivity contribution in [2.45, 2.75) is 33.7 Å². The van der Waals surface area contributed by atoms with Crippen molar-refractivity contribution in [3.63, 3.8) is 0 Å². The minimum Gasteiger partial charge on any atom is -0.455 e. The third-order valence-electron chi connectivity index (χ3n) is 5.57. The molecule has 0 saturated carbocycles. The number of rotatable bonds is 4. The lowest BCUT2D eigenvalue weighted by Crippen LogP contribution is -2.13. The first-order chi connectivity index (χ1) is 15.3. The van der Waals surface area contributed by atoms with Crippen LogP contribution in [0, 0.1) is 33.1 Å². The van der Waals surface area contributed by atoms with Gasteiger partial charge in [0.05, 0.1) is 22.8 Å². The summed E-state index contributed by atoms with van der Waals surface area (Å²) in [4.78, 5) is 17.6. The summed E-state index contributed by atoms with van der Waals surface area (Å²) in [5, 5.41) is 4.49. The maximum absolute atomic E-state index is 13.3. The summed E-state index contributed by atoms with van der Waals surface area (Å²) in [5.41, 5.74) is 6.12. The predicted octanol–water partition coefficient (Wildman–Crippen LogP) is 6.59. The van der Waals surface area contributed by atoms with Crippen molar-refractivity contribution < 1.29 is 4.42 Å². The Balaban J connectivity index is 1.90. The lowest BCUT2D eigenvalue weighted by molar-refractivity contribution is 0.605. The van der Waals surface area contributed by atoms with E-state index in [0.29, 0.717) is 27.4 Å². The van der Waals surface area contributed by atoms with Gasteiger partial charge in [0.15, 0.2) is 5.43 Å². The number of hydrogen-bond acceptors (Lipinski definition) is 4. The molecular formula is C27H23ClN2O2. The van der Waals surface area contributed by atoms with E-state index in [4.69, 9.17) is 22.4 Å². The smallest absolute Gasteiger partial charge is 0.196 e. The average Bonchev–Trinajstić information content (AvgIpc) is 2.78. The maximum Gasteiger partial charge on any atom is 0.196 e. The van der Waals surface area contributed by atoms with Gasteiger partial charge in [-0.2, -0.15) is 0 Å². The lowest BCUT2D eigenvalue weighted by Gasteiger charge is -2.19. The van der Waals surface area contributed by atoms with Gasteiger partial charge in [0.1, 0.15) is 16.5 Å². The number of hydrogen-bond donors (Lipinski definition) is 1. The van der Waals surface area contributed by atoms with Crippen LogP contribution in [0.3, 0.4) is 0 Å². The summed E-state index contributed by atoms with van der Waals surface area (Å²) in [7, 11) is 0. The molecule has 0 aliphatic rings. The number of benzene rings is 2. The van der Waals surface area contributed by atoms with Crippen molar-refractivity contribution in [2.24, 2.45) is 0 Å². The normalized spacial score (nSPS) is 11.9. The minimum absolute atomic E-state index is 0.0474. The number of terminal acetylenes is 1. The van der Waals surface area contributed by atoms with Gasteiger partial charge in [-0.05, 0) is 63.6 Å². The van der Waals surface area contributed by atoms with Crippen molar-refractivity contribution in [3.8, 4) is 23.7 Å². The second kappa shape index (κ2) is 8.53. The molecule has 0 amide bonds. The highest BCUT2D eigenvalue weighted by molar-refractivity contribution is 6.29. The van der Waals surface area contributed by atoms with Crippen LogP contribution in [0.5, 0.6) is 0 Å². The molecule has 0 radical (unpaired) electrons. The van der Waals surface area contributed by atoms with Gasteiger partial charge >= 0.3 is 0 Å². The highest BCUT2D eigenvalue weighted by Crippen LogP contribution is 2.32. The molecule has 2 heterocycles. The molecule has 5 heteroatoms. The molecule has 160 valence electrons. The zero-order valence-corrected chi connectivity index (χ0v) is 19.2. The lowest BCUT2D eigenvalue weighted by atomic mass is 9.98. The van der Waals surface area contributed by atoms with Crippen molar-refractivity contribution in [1.29, 1.82) is 0 Å². The molecule has 1 unspecified atom stereocenters. The second-order valence-electron chi connectivity index (χ2n) is 7.97. The van der Waals surface area contributed by atoms with E-state index in [1.807, 2.05) is 63.2 Å². The first kappa shape index (κ1) is 21.7. The molecule has 0 spiro atoms. The molecular weight excluding hydrogens is 420 g/mol. The van der Waals surface area contributed by atoms with Crippen LogP contribution < -0.4 is 10.7 Å². The molecule has 32 heavy (non-hydrogen) atoms. The Bertz CT molecular complexity index is 1450. The van der Waals surface area contributed by atoms with Crippen LogP contribution >= 0.6 is 11.6 Å². The topological polar surface area (TPSA) is 55.1 Å². The van der Waals surface area contributed by atoms with Gasteiger partial charge in [0.25, 0.3) is 0 Å². The van der Waals surface area contributed by atoms with Gasteiger partial charge in [-0.25, -0.2) is 4.98 Å². The van der Waals surface area contributed by atoms with Crippen LogP contribution in [0.4, 0.5) is 5.69 Å². The molecule has 0 aliphatic carbocycles. The van der Waals surface area contributed by atoms with Gasteiger partial charge in [-0.3, -0.25) is 4.79 Å². The van der Waals surface area contributed by atoms with Crippen LogP contribution in [0.15, 0.2) is 57.7 Å². The molecule has 1 N–H and O–H groups in total. The Morgan fingerprint density at radius 3 is 2.62 bits per heavy atom. The van der Waals surface area contributed by atoms with Crippen LogP contribution in [0.25, 0.3) is 22.3 Å². The maximum atomic E-state index is 13.3. The van der Waals surface area contributed by atoms with E-state index in [2.05, 4.69) is 16.2 Å². The van der Waals surface area contributed by atoms with Crippen molar-refractivity contribution in [3.05, 3.63) is 91.9 Å². The number of halogens is 1. The third kappa shape index (κ3) is 4.00. The molecule has 2 aromatic carbocycles. The minimum atomic E-state index is -0.144. The number of pyridine rings is 1. The van der Waals surface area contributed by atoms with Crippen LogP contribution in [-0.4, -0.2) is 4.98 Å². The van der Waals surface area contributed by atoms with E-state index < -0.39 is 0 Å². The summed E-state index contributed by atoms with van der Waals surface area (Å²) in [6, 6.07) is 14.9. The van der Waals surface area contributed by atoms with E-state index in [9.17, 15) is 4.79 Å². The summed E-state index contributed by atoms with van der Waals surface area (Å²) in [6.07, 6.45) is 5.57.